The van der Waals surface area contributed by atoms with Crippen LogP contribution >= 0.6 is 0 Å². The Morgan fingerprint density at radius 3 is 2.88 bits per heavy atom. The number of nitro groups is 1. The number of hydrogen-bond donors (Lipinski definition) is 3. The summed E-state index contributed by atoms with van der Waals surface area (Å²) in [6, 6.07) is 0. The van der Waals surface area contributed by atoms with E-state index in [1.165, 1.54) is 0 Å². The van der Waals surface area contributed by atoms with E-state index in [0.29, 0.717) is 0 Å². The van der Waals surface area contributed by atoms with Crippen molar-refractivity contribution in [3.05, 3.63) is 22.6 Å². The second-order valence-electron chi connectivity index (χ2n) is 3.48. The summed E-state index contributed by atoms with van der Waals surface area (Å²) in [4.78, 5) is 13.5. The van der Waals surface area contributed by atoms with Crippen molar-refractivity contribution in [2.45, 2.75) is 24.5 Å². The highest BCUT2D eigenvalue weighted by molar-refractivity contribution is 5.16. The van der Waals surface area contributed by atoms with Crippen LogP contribution in [0.5, 0.6) is 0 Å². The monoisotopic (exact) mass is 246 g/mol. The highest BCUT2D eigenvalue weighted by Crippen LogP contribution is 2.31. The Morgan fingerprint density at radius 1 is 1.65 bits per heavy atom. The SMILES string of the molecule is [2H][C@]1(CO)O[C@@H](n2cncc2[N+](=O)[O-])[C@H](O)[C@@H]1O. The van der Waals surface area contributed by atoms with E-state index in [2.05, 4.69) is 4.98 Å². The fraction of sp³-hybridized carbons (Fsp3) is 0.625. The van der Waals surface area contributed by atoms with Crippen molar-refractivity contribution in [2.75, 3.05) is 6.61 Å². The van der Waals surface area contributed by atoms with Crippen LogP contribution in [0.2, 0.25) is 0 Å². The van der Waals surface area contributed by atoms with E-state index in [1.54, 1.807) is 0 Å². The molecule has 4 atom stereocenters. The predicted octanol–water partition coefficient (Wildman–Crippen LogP) is -1.60. The van der Waals surface area contributed by atoms with E-state index in [4.69, 9.17) is 11.2 Å². The lowest BCUT2D eigenvalue weighted by molar-refractivity contribution is -0.394. The fourth-order valence-electron chi connectivity index (χ4n) is 1.63. The van der Waals surface area contributed by atoms with Crippen LogP contribution in [0.25, 0.3) is 0 Å². The number of aliphatic hydroxyl groups excluding tert-OH is 3. The molecule has 0 unspecified atom stereocenters. The van der Waals surface area contributed by atoms with Crippen LogP contribution in [0.3, 0.4) is 0 Å². The van der Waals surface area contributed by atoms with Gasteiger partial charge in [0.25, 0.3) is 0 Å². The van der Waals surface area contributed by atoms with Gasteiger partial charge in [0, 0.05) is 0 Å². The fourth-order valence-corrected chi connectivity index (χ4v) is 1.63. The Kier molecular flexibility index (Phi) is 2.73. The molecule has 0 saturated carbocycles. The zero-order valence-corrected chi connectivity index (χ0v) is 8.50. The van der Waals surface area contributed by atoms with Gasteiger partial charge >= 0.3 is 5.82 Å². The van der Waals surface area contributed by atoms with Crippen molar-refractivity contribution in [3.63, 3.8) is 0 Å². The third kappa shape index (κ3) is 1.89. The van der Waals surface area contributed by atoms with E-state index in [1.807, 2.05) is 0 Å². The Labute approximate surface area is 96.4 Å². The van der Waals surface area contributed by atoms with Crippen LogP contribution in [-0.2, 0) is 4.74 Å². The summed E-state index contributed by atoms with van der Waals surface area (Å²) >= 11 is 0. The van der Waals surface area contributed by atoms with Crippen LogP contribution in [0.15, 0.2) is 12.5 Å². The van der Waals surface area contributed by atoms with Gasteiger partial charge < -0.3 is 30.2 Å². The number of hydrogen-bond acceptors (Lipinski definition) is 7. The Balaban J connectivity index is 2.35. The maximum absolute atomic E-state index is 10.7. The van der Waals surface area contributed by atoms with Crippen molar-refractivity contribution >= 4 is 5.82 Å². The summed E-state index contributed by atoms with van der Waals surface area (Å²) in [5.74, 6) is -0.451. The third-order valence-electron chi connectivity index (χ3n) is 2.48. The minimum absolute atomic E-state index is 0.451. The zero-order valence-electron chi connectivity index (χ0n) is 9.50. The molecule has 1 aromatic heterocycles. The van der Waals surface area contributed by atoms with Crippen LogP contribution < -0.4 is 0 Å². The third-order valence-corrected chi connectivity index (χ3v) is 2.48. The van der Waals surface area contributed by atoms with Gasteiger partial charge in [-0.1, -0.05) is 0 Å². The highest BCUT2D eigenvalue weighted by Gasteiger charge is 2.47. The lowest BCUT2D eigenvalue weighted by Gasteiger charge is -2.12. The molecule has 0 bridgehead atoms. The van der Waals surface area contributed by atoms with Crippen LogP contribution in [0.4, 0.5) is 5.82 Å². The van der Waals surface area contributed by atoms with Crippen molar-refractivity contribution < 1.29 is 26.4 Å². The Morgan fingerprint density at radius 2 is 2.35 bits per heavy atom. The summed E-state index contributed by atoms with van der Waals surface area (Å²) in [7, 11) is 0. The van der Waals surface area contributed by atoms with Crippen molar-refractivity contribution in [3.8, 4) is 0 Å². The van der Waals surface area contributed by atoms with Gasteiger partial charge in [0.1, 0.15) is 24.5 Å². The molecule has 1 saturated heterocycles. The minimum atomic E-state index is -2.12. The summed E-state index contributed by atoms with van der Waals surface area (Å²) in [6.45, 7) is -0.857. The van der Waals surface area contributed by atoms with Gasteiger partial charge in [0.2, 0.25) is 6.23 Å². The largest absolute Gasteiger partial charge is 0.394 e. The first kappa shape index (κ1) is 10.6. The molecule has 0 amide bonds. The maximum atomic E-state index is 10.7. The molecule has 0 aromatic carbocycles. The van der Waals surface area contributed by atoms with Crippen molar-refractivity contribution in [1.82, 2.24) is 9.55 Å². The molecular weight excluding hydrogens is 234 g/mol. The minimum Gasteiger partial charge on any atom is -0.394 e. The Bertz CT molecular complexity index is 467. The highest BCUT2D eigenvalue weighted by atomic mass is 16.6. The van der Waals surface area contributed by atoms with Crippen molar-refractivity contribution in [1.29, 1.82) is 0 Å². The molecule has 9 nitrogen and oxygen atoms in total. The normalized spacial score (nSPS) is 38.1. The molecule has 2 rings (SSSR count). The zero-order chi connectivity index (χ0) is 13.5. The maximum Gasteiger partial charge on any atom is 0.344 e. The molecule has 2 heterocycles. The predicted molar refractivity (Wildman–Crippen MR) is 51.9 cm³/mol. The van der Waals surface area contributed by atoms with E-state index >= 15 is 0 Å². The second-order valence-corrected chi connectivity index (χ2v) is 3.48. The number of ether oxygens (including phenoxy) is 1. The van der Waals surface area contributed by atoms with Gasteiger partial charge in [-0.05, 0) is 4.92 Å². The lowest BCUT2D eigenvalue weighted by Crippen LogP contribution is -2.33. The lowest BCUT2D eigenvalue weighted by atomic mass is 10.1. The van der Waals surface area contributed by atoms with Gasteiger partial charge in [-0.3, -0.25) is 0 Å². The average Bonchev–Trinajstić information content (AvgIpc) is 2.89. The van der Waals surface area contributed by atoms with Gasteiger partial charge in [0.15, 0.2) is 6.33 Å². The van der Waals surface area contributed by atoms with Crippen LogP contribution in [0.1, 0.15) is 7.60 Å². The number of imidazole rings is 1. The van der Waals surface area contributed by atoms with E-state index < -0.39 is 41.9 Å². The smallest absolute Gasteiger partial charge is 0.344 e. The number of nitrogens with zero attached hydrogens (tertiary/aromatic N) is 3. The van der Waals surface area contributed by atoms with Crippen LogP contribution in [-0.4, -0.2) is 54.7 Å². The molecule has 1 aliphatic rings. The molecule has 94 valence electrons. The molecule has 1 aliphatic heterocycles. The molecule has 3 N–H and O–H groups in total. The van der Waals surface area contributed by atoms with Gasteiger partial charge in [-0.25, -0.2) is 4.98 Å². The number of aromatic nitrogens is 2. The molecule has 0 spiro atoms. The first-order valence-corrected chi connectivity index (χ1v) is 4.72. The summed E-state index contributed by atoms with van der Waals surface area (Å²) < 4.78 is 13.5. The summed E-state index contributed by atoms with van der Waals surface area (Å²) in [6.07, 6.45) is -4.75. The molecule has 9 heteroatoms. The summed E-state index contributed by atoms with van der Waals surface area (Å²) in [5, 5.41) is 39.0. The second kappa shape index (κ2) is 4.37. The molecule has 1 aromatic rings. The molecule has 0 aliphatic carbocycles. The topological polar surface area (TPSA) is 131 Å². The number of rotatable bonds is 3. The summed E-state index contributed by atoms with van der Waals surface area (Å²) in [5.41, 5.74) is 0. The van der Waals surface area contributed by atoms with Gasteiger partial charge in [-0.2, -0.15) is 4.57 Å². The Hall–Kier alpha value is -1.55. The molecule has 17 heavy (non-hydrogen) atoms. The van der Waals surface area contributed by atoms with Gasteiger partial charge in [-0.15, -0.1) is 0 Å². The van der Waals surface area contributed by atoms with E-state index in [0.717, 1.165) is 17.1 Å². The molecular formula is C8H11N3O6. The van der Waals surface area contributed by atoms with E-state index in [-0.39, 0.29) is 0 Å². The molecule has 0 radical (unpaired) electrons. The standard InChI is InChI=1S/C8H11N3O6/c12-2-4-6(13)7(14)8(17-4)10-3-9-1-5(10)11(15)16/h1,3-4,6-8,12-14H,2H2/t4-,6-,7-,8-/m1/s1/i4D. The average molecular weight is 246 g/mol. The van der Waals surface area contributed by atoms with Gasteiger partial charge in [0.05, 0.1) is 7.98 Å². The first-order chi connectivity index (χ1) is 8.40. The van der Waals surface area contributed by atoms with Crippen molar-refractivity contribution in [2.24, 2.45) is 0 Å². The number of aliphatic hydroxyl groups is 3. The molecule has 1 fully saturated rings. The van der Waals surface area contributed by atoms with E-state index in [9.17, 15) is 20.3 Å². The quantitative estimate of drug-likeness (QED) is 0.432. The van der Waals surface area contributed by atoms with Crippen LogP contribution in [0, 0.1) is 10.1 Å². The first-order valence-electron chi connectivity index (χ1n) is 5.22.